The SMILES string of the molecule is COC1=Cc2sc(/C=C(\OCO/C(=C\c3nc4cc(O)ccc4s3)C(F)(F)F)C(F)(F)/C(=C/c3nc4ccc(OC)cc4s3)COCO/C(=C\c3nc4cc(OC)ccc4s3)C(F)(F)F)nc2C=CC1. The van der Waals surface area contributed by atoms with Gasteiger partial charge in [0.15, 0.2) is 12.6 Å². The minimum atomic E-state index is -5.17. The number of nitrogens with zero attached hydrogens (tertiary/aromatic N) is 4. The van der Waals surface area contributed by atoms with Gasteiger partial charge >= 0.3 is 18.3 Å². The van der Waals surface area contributed by atoms with Crippen molar-refractivity contribution in [1.29, 1.82) is 0 Å². The van der Waals surface area contributed by atoms with Gasteiger partial charge < -0.3 is 38.3 Å². The van der Waals surface area contributed by atoms with Crippen LogP contribution in [0.1, 0.15) is 37.0 Å². The van der Waals surface area contributed by atoms with Gasteiger partial charge in [-0.3, -0.25) is 0 Å². The summed E-state index contributed by atoms with van der Waals surface area (Å²) >= 11 is 3.66. The van der Waals surface area contributed by atoms with E-state index in [4.69, 9.17) is 33.2 Å². The summed E-state index contributed by atoms with van der Waals surface area (Å²) in [6.07, 6.45) is -1.90. The number of thiazole rings is 4. The molecule has 0 aliphatic heterocycles. The van der Waals surface area contributed by atoms with Crippen LogP contribution in [0, 0.1) is 0 Å². The Hall–Kier alpha value is -6.60. The van der Waals surface area contributed by atoms with E-state index in [9.17, 15) is 31.4 Å². The van der Waals surface area contributed by atoms with E-state index < -0.39 is 61.3 Å². The number of phenols is 1. The molecular weight excluding hydrogens is 1020 g/mol. The number of hydrogen-bond acceptors (Lipinski definition) is 16. The van der Waals surface area contributed by atoms with Crippen molar-refractivity contribution in [2.45, 2.75) is 24.7 Å². The van der Waals surface area contributed by atoms with E-state index in [2.05, 4.69) is 19.9 Å². The monoisotopic (exact) mass is 1050 g/mol. The molecular formula is C46H34F8N4O8S4. The Bertz CT molecular complexity index is 3240. The lowest BCUT2D eigenvalue weighted by Crippen LogP contribution is -2.28. The molecule has 0 spiro atoms. The number of benzene rings is 3. The first-order chi connectivity index (χ1) is 33.4. The van der Waals surface area contributed by atoms with E-state index in [-0.39, 0.29) is 31.3 Å². The van der Waals surface area contributed by atoms with Gasteiger partial charge in [0, 0.05) is 42.4 Å². The number of aromatic nitrogens is 4. The lowest BCUT2D eigenvalue weighted by atomic mass is 10.1. The van der Waals surface area contributed by atoms with Crippen LogP contribution in [0.3, 0.4) is 0 Å². The Morgan fingerprint density at radius 3 is 1.83 bits per heavy atom. The molecule has 4 aromatic heterocycles. The van der Waals surface area contributed by atoms with Crippen molar-refractivity contribution in [3.8, 4) is 17.2 Å². The summed E-state index contributed by atoms with van der Waals surface area (Å²) < 4.78 is 159. The molecule has 0 atom stereocenters. The Kier molecular flexibility index (Phi) is 14.8. The number of ether oxygens (including phenoxy) is 7. The first-order valence-electron chi connectivity index (χ1n) is 20.1. The molecule has 0 bridgehead atoms. The molecule has 1 N–H and O–H groups in total. The van der Waals surface area contributed by atoms with Crippen LogP contribution in [0.2, 0.25) is 0 Å². The molecule has 24 heteroatoms. The summed E-state index contributed by atoms with van der Waals surface area (Å²) in [6, 6.07) is 13.6. The molecule has 3 aromatic carbocycles. The lowest BCUT2D eigenvalue weighted by molar-refractivity contribution is -0.153. The van der Waals surface area contributed by atoms with Crippen molar-refractivity contribution < 1.29 is 73.4 Å². The van der Waals surface area contributed by atoms with Gasteiger partial charge in [0.2, 0.25) is 18.3 Å². The highest BCUT2D eigenvalue weighted by molar-refractivity contribution is 7.20. The number of alkyl halides is 8. The summed E-state index contributed by atoms with van der Waals surface area (Å²) in [7, 11) is 4.30. The number of methoxy groups -OCH3 is 3. The van der Waals surface area contributed by atoms with Crippen LogP contribution in [0.25, 0.3) is 67.1 Å². The van der Waals surface area contributed by atoms with Crippen LogP contribution in [0.15, 0.2) is 89.3 Å². The average Bonchev–Trinajstić information content (AvgIpc) is 4.09. The third kappa shape index (κ3) is 11.9. The van der Waals surface area contributed by atoms with Crippen molar-refractivity contribution in [3.63, 3.8) is 0 Å². The molecule has 12 nitrogen and oxygen atoms in total. The average molecular weight is 1050 g/mol. The normalized spacial score (nSPS) is 14.2. The van der Waals surface area contributed by atoms with E-state index in [1.807, 2.05) is 0 Å². The van der Waals surface area contributed by atoms with E-state index in [1.54, 1.807) is 48.6 Å². The maximum atomic E-state index is 17.4. The molecule has 366 valence electrons. The number of hydrogen-bond donors (Lipinski definition) is 1. The third-order valence-corrected chi connectivity index (χ3v) is 13.7. The number of rotatable bonds is 18. The van der Waals surface area contributed by atoms with Crippen molar-refractivity contribution >= 4 is 112 Å². The number of aromatic hydroxyl groups is 1. The topological polar surface area (TPSA) is 136 Å². The zero-order valence-electron chi connectivity index (χ0n) is 36.3. The molecule has 8 rings (SSSR count). The smallest absolute Gasteiger partial charge is 0.449 e. The van der Waals surface area contributed by atoms with E-state index in [1.165, 1.54) is 45.6 Å². The van der Waals surface area contributed by atoms with E-state index in [0.29, 0.717) is 71.5 Å². The summed E-state index contributed by atoms with van der Waals surface area (Å²) in [5, 5.41) is 9.45. The van der Waals surface area contributed by atoms with Crippen molar-refractivity contribution in [2.24, 2.45) is 0 Å². The standard InChI is InChI=1S/C46H34F8N4O8S4/c1-60-26-5-4-6-29-35(16-26)70-41(55-29)18-37(65-23-66-39(46(52,53)54)20-42-57-31-14-25(59)7-11-33(31)67-42)44(47,48)24(13-40-56-30-10-8-28(62-3)17-36(30)69-40)21-63-22-64-38(45(49,50)51)19-43-58-32-15-27(61-2)9-12-34(32)68-43/h4,6-20,59H,5,21-23H2,1-3H3/b24-13+,37-18-,38-19-,39-20-. The molecule has 1 aliphatic carbocycles. The van der Waals surface area contributed by atoms with E-state index in [0.717, 1.165) is 57.5 Å². The van der Waals surface area contributed by atoms with Crippen molar-refractivity contribution in [1.82, 2.24) is 19.9 Å². The quantitative estimate of drug-likeness (QED) is 0.0379. The summed E-state index contributed by atoms with van der Waals surface area (Å²) in [6.45, 7) is -3.77. The number of halogens is 8. The van der Waals surface area contributed by atoms with Crippen molar-refractivity contribution in [3.05, 3.63) is 120 Å². The lowest BCUT2D eigenvalue weighted by Gasteiger charge is -2.24. The molecule has 0 fully saturated rings. The third-order valence-electron chi connectivity index (χ3n) is 9.77. The summed E-state index contributed by atoms with van der Waals surface area (Å²) in [4.78, 5) is 17.6. The van der Waals surface area contributed by atoms with Crippen LogP contribution in [0.5, 0.6) is 17.2 Å². The minimum Gasteiger partial charge on any atom is -0.508 e. The van der Waals surface area contributed by atoms with Gasteiger partial charge in [-0.1, -0.05) is 6.08 Å². The highest BCUT2D eigenvalue weighted by atomic mass is 32.1. The van der Waals surface area contributed by atoms with E-state index >= 15 is 8.78 Å². The number of fused-ring (bicyclic) bond motifs is 4. The predicted molar refractivity (Wildman–Crippen MR) is 252 cm³/mol. The van der Waals surface area contributed by atoms with Gasteiger partial charge in [0.25, 0.3) is 0 Å². The molecule has 70 heavy (non-hydrogen) atoms. The van der Waals surface area contributed by atoms with Gasteiger partial charge in [-0.05, 0) is 60.7 Å². The first kappa shape index (κ1) is 49.8. The molecule has 4 heterocycles. The van der Waals surface area contributed by atoms with Gasteiger partial charge in [-0.25, -0.2) is 19.9 Å². The van der Waals surface area contributed by atoms with Crippen LogP contribution in [-0.4, -0.2) is 84.8 Å². The highest BCUT2D eigenvalue weighted by Crippen LogP contribution is 2.40. The zero-order chi connectivity index (χ0) is 49.8. The second-order valence-corrected chi connectivity index (χ2v) is 18.7. The van der Waals surface area contributed by atoms with Gasteiger partial charge in [-0.2, -0.15) is 35.1 Å². The molecule has 0 radical (unpaired) electrons. The van der Waals surface area contributed by atoms with Crippen LogP contribution in [-0.2, 0) is 23.7 Å². The van der Waals surface area contributed by atoms with Gasteiger partial charge in [0.05, 0.1) is 69.2 Å². The Labute approximate surface area is 407 Å². The maximum absolute atomic E-state index is 17.4. The fraction of sp³-hybridized carbons (Fsp3) is 0.217. The number of allylic oxidation sites excluding steroid dienone is 4. The fourth-order valence-electron chi connectivity index (χ4n) is 6.41. The summed E-state index contributed by atoms with van der Waals surface area (Å²) in [5.41, 5.74) is 0.345. The largest absolute Gasteiger partial charge is 0.508 e. The zero-order valence-corrected chi connectivity index (χ0v) is 39.6. The predicted octanol–water partition coefficient (Wildman–Crippen LogP) is 13.3. The molecule has 0 saturated carbocycles. The Morgan fingerprint density at radius 1 is 0.600 bits per heavy atom. The summed E-state index contributed by atoms with van der Waals surface area (Å²) in [5.74, 6) is -7.57. The first-order valence-corrected chi connectivity index (χ1v) is 23.4. The minimum absolute atomic E-state index is 0.0174. The van der Waals surface area contributed by atoms with Crippen LogP contribution < -0.4 is 9.47 Å². The van der Waals surface area contributed by atoms with Crippen molar-refractivity contribution in [2.75, 3.05) is 41.5 Å². The number of phenolic OH excluding ortho intramolecular Hbond substituents is 1. The maximum Gasteiger partial charge on any atom is 0.449 e. The molecule has 1 aliphatic rings. The molecule has 0 saturated heterocycles. The van der Waals surface area contributed by atoms with Gasteiger partial charge in [-0.15, -0.1) is 45.3 Å². The molecule has 7 aromatic rings. The van der Waals surface area contributed by atoms with Crippen LogP contribution >= 0.6 is 45.3 Å². The fourth-order valence-corrected chi connectivity index (χ4v) is 10.1. The second kappa shape index (κ2) is 20.8. The van der Waals surface area contributed by atoms with Crippen LogP contribution in [0.4, 0.5) is 35.1 Å². The second-order valence-electron chi connectivity index (χ2n) is 14.5. The molecule has 0 amide bonds. The Morgan fingerprint density at radius 2 is 1.16 bits per heavy atom. The van der Waals surface area contributed by atoms with Gasteiger partial charge in [0.1, 0.15) is 43.0 Å². The Balaban J connectivity index is 1.13. The highest BCUT2D eigenvalue weighted by Gasteiger charge is 2.43. The molecule has 0 unspecified atom stereocenters.